The standard InChI is InChI=1S/C11H18BrN3O2S/c1-4-15(8-7-12)11-6-5-10(9-13-11)18(16,17)14(2)3/h5-6,9H,4,7-8H2,1-3H3. The van der Waals surface area contributed by atoms with Crippen LogP contribution in [0, 0.1) is 0 Å². The van der Waals surface area contributed by atoms with Crippen molar-refractivity contribution >= 4 is 31.8 Å². The minimum absolute atomic E-state index is 0.214. The Hall–Kier alpha value is -0.660. The summed E-state index contributed by atoms with van der Waals surface area (Å²) >= 11 is 3.38. The summed E-state index contributed by atoms with van der Waals surface area (Å²) in [6, 6.07) is 3.33. The lowest BCUT2D eigenvalue weighted by atomic mass is 10.4. The molecule has 0 aromatic carbocycles. The quantitative estimate of drug-likeness (QED) is 0.740. The number of hydrogen-bond donors (Lipinski definition) is 0. The van der Waals surface area contributed by atoms with Gasteiger partial charge in [0.25, 0.3) is 0 Å². The molecule has 0 saturated heterocycles. The summed E-state index contributed by atoms with van der Waals surface area (Å²) in [5, 5.41) is 0.847. The normalized spacial score (nSPS) is 11.8. The molecule has 0 aliphatic rings. The van der Waals surface area contributed by atoms with Crippen LogP contribution in [0.25, 0.3) is 0 Å². The summed E-state index contributed by atoms with van der Waals surface area (Å²) in [5.41, 5.74) is 0. The van der Waals surface area contributed by atoms with E-state index in [1.807, 2.05) is 6.92 Å². The lowest BCUT2D eigenvalue weighted by Gasteiger charge is -2.21. The first-order chi connectivity index (χ1) is 8.43. The minimum atomic E-state index is -3.40. The van der Waals surface area contributed by atoms with E-state index in [9.17, 15) is 8.42 Å². The van der Waals surface area contributed by atoms with Gasteiger partial charge >= 0.3 is 0 Å². The molecule has 1 aromatic heterocycles. The Kier molecular flexibility index (Phi) is 5.55. The molecule has 0 fully saturated rings. The van der Waals surface area contributed by atoms with Crippen molar-refractivity contribution in [2.24, 2.45) is 0 Å². The molecule has 1 heterocycles. The first kappa shape index (κ1) is 15.4. The van der Waals surface area contributed by atoms with Crippen LogP contribution in [0.3, 0.4) is 0 Å². The molecule has 0 unspecified atom stereocenters. The van der Waals surface area contributed by atoms with Crippen LogP contribution in [0.4, 0.5) is 5.82 Å². The number of nitrogens with zero attached hydrogens (tertiary/aromatic N) is 3. The zero-order valence-electron chi connectivity index (χ0n) is 10.8. The second kappa shape index (κ2) is 6.49. The number of rotatable bonds is 6. The number of hydrogen-bond acceptors (Lipinski definition) is 4. The van der Waals surface area contributed by atoms with E-state index in [0.29, 0.717) is 0 Å². The lowest BCUT2D eigenvalue weighted by molar-refractivity contribution is 0.520. The van der Waals surface area contributed by atoms with Gasteiger partial charge < -0.3 is 4.90 Å². The van der Waals surface area contributed by atoms with Crippen molar-refractivity contribution in [3.8, 4) is 0 Å². The second-order valence-electron chi connectivity index (χ2n) is 3.91. The molecule has 0 N–H and O–H groups in total. The number of aromatic nitrogens is 1. The molecular formula is C11H18BrN3O2S. The van der Waals surface area contributed by atoms with Gasteiger partial charge in [-0.25, -0.2) is 17.7 Å². The van der Waals surface area contributed by atoms with Gasteiger partial charge in [-0.05, 0) is 19.1 Å². The maximum absolute atomic E-state index is 11.9. The number of anilines is 1. The largest absolute Gasteiger partial charge is 0.356 e. The van der Waals surface area contributed by atoms with Crippen LogP contribution in [0.1, 0.15) is 6.92 Å². The topological polar surface area (TPSA) is 53.5 Å². The van der Waals surface area contributed by atoms with Gasteiger partial charge in [0.05, 0.1) is 0 Å². The molecule has 5 nitrogen and oxygen atoms in total. The Labute approximate surface area is 117 Å². The second-order valence-corrected chi connectivity index (χ2v) is 6.85. The molecular weight excluding hydrogens is 318 g/mol. The number of halogens is 1. The SMILES string of the molecule is CCN(CCBr)c1ccc(S(=O)(=O)N(C)C)cn1. The first-order valence-corrected chi connectivity index (χ1v) is 8.19. The fourth-order valence-electron chi connectivity index (χ4n) is 1.46. The molecule has 0 saturated carbocycles. The zero-order valence-corrected chi connectivity index (χ0v) is 13.2. The average molecular weight is 336 g/mol. The van der Waals surface area contributed by atoms with Gasteiger partial charge in [-0.2, -0.15) is 0 Å². The molecule has 0 aliphatic carbocycles. The monoisotopic (exact) mass is 335 g/mol. The Morgan fingerprint density at radius 2 is 2.00 bits per heavy atom. The highest BCUT2D eigenvalue weighted by atomic mass is 79.9. The summed E-state index contributed by atoms with van der Waals surface area (Å²) in [5.74, 6) is 0.787. The van der Waals surface area contributed by atoms with Crippen LogP contribution in [-0.4, -0.2) is 50.2 Å². The average Bonchev–Trinajstić information content (AvgIpc) is 2.36. The summed E-state index contributed by atoms with van der Waals surface area (Å²) < 4.78 is 24.9. The van der Waals surface area contributed by atoms with Gasteiger partial charge in [-0.15, -0.1) is 0 Å². The minimum Gasteiger partial charge on any atom is -0.356 e. The van der Waals surface area contributed by atoms with Gasteiger partial charge in [0.2, 0.25) is 10.0 Å². The van der Waals surface area contributed by atoms with E-state index in [1.54, 1.807) is 12.1 Å². The van der Waals surface area contributed by atoms with E-state index in [1.165, 1.54) is 24.6 Å². The fraction of sp³-hybridized carbons (Fsp3) is 0.545. The zero-order chi connectivity index (χ0) is 13.8. The third-order valence-electron chi connectivity index (χ3n) is 2.56. The van der Waals surface area contributed by atoms with Crippen molar-refractivity contribution in [3.63, 3.8) is 0 Å². The number of pyridine rings is 1. The Bertz CT molecular complexity index is 474. The Balaban J connectivity index is 2.99. The molecule has 18 heavy (non-hydrogen) atoms. The van der Waals surface area contributed by atoms with Crippen molar-refractivity contribution in [2.45, 2.75) is 11.8 Å². The highest BCUT2D eigenvalue weighted by Gasteiger charge is 2.17. The van der Waals surface area contributed by atoms with E-state index >= 15 is 0 Å². The maximum atomic E-state index is 11.9. The van der Waals surface area contributed by atoms with E-state index in [2.05, 4.69) is 25.8 Å². The molecule has 7 heteroatoms. The molecule has 1 rings (SSSR count). The van der Waals surface area contributed by atoms with Crippen molar-refractivity contribution in [3.05, 3.63) is 18.3 Å². The van der Waals surface area contributed by atoms with E-state index in [0.717, 1.165) is 24.2 Å². The molecule has 0 spiro atoms. The van der Waals surface area contributed by atoms with Gasteiger partial charge in [0.1, 0.15) is 10.7 Å². The van der Waals surface area contributed by atoms with E-state index < -0.39 is 10.0 Å². The lowest BCUT2D eigenvalue weighted by Crippen LogP contribution is -2.26. The van der Waals surface area contributed by atoms with Gasteiger partial charge in [-0.1, -0.05) is 15.9 Å². The van der Waals surface area contributed by atoms with Crippen molar-refractivity contribution < 1.29 is 8.42 Å². The van der Waals surface area contributed by atoms with Crippen LogP contribution in [0.15, 0.2) is 23.2 Å². The van der Waals surface area contributed by atoms with E-state index in [-0.39, 0.29) is 4.90 Å². The summed E-state index contributed by atoms with van der Waals surface area (Å²) in [7, 11) is -0.383. The van der Waals surface area contributed by atoms with Crippen LogP contribution >= 0.6 is 15.9 Å². The van der Waals surface area contributed by atoms with Crippen molar-refractivity contribution in [2.75, 3.05) is 37.4 Å². The number of sulfonamides is 1. The molecule has 1 aromatic rings. The molecule has 102 valence electrons. The molecule has 0 aliphatic heterocycles. The summed E-state index contributed by atoms with van der Waals surface area (Å²) in [6.07, 6.45) is 1.40. The fourth-order valence-corrected chi connectivity index (χ4v) is 2.74. The maximum Gasteiger partial charge on any atom is 0.244 e. The Morgan fingerprint density at radius 3 is 2.39 bits per heavy atom. The van der Waals surface area contributed by atoms with Gasteiger partial charge in [0, 0.05) is 38.7 Å². The Morgan fingerprint density at radius 1 is 1.33 bits per heavy atom. The highest BCUT2D eigenvalue weighted by Crippen LogP contribution is 2.16. The van der Waals surface area contributed by atoms with Crippen LogP contribution in [-0.2, 0) is 10.0 Å². The highest BCUT2D eigenvalue weighted by molar-refractivity contribution is 9.09. The van der Waals surface area contributed by atoms with Crippen LogP contribution in [0.2, 0.25) is 0 Å². The predicted octanol–water partition coefficient (Wildman–Crippen LogP) is 1.55. The summed E-state index contributed by atoms with van der Waals surface area (Å²) in [6.45, 7) is 3.70. The van der Waals surface area contributed by atoms with Crippen LogP contribution in [0.5, 0.6) is 0 Å². The van der Waals surface area contributed by atoms with E-state index in [4.69, 9.17) is 0 Å². The van der Waals surface area contributed by atoms with Crippen molar-refractivity contribution in [1.82, 2.24) is 9.29 Å². The summed E-state index contributed by atoms with van der Waals surface area (Å²) in [4.78, 5) is 6.50. The smallest absolute Gasteiger partial charge is 0.244 e. The number of alkyl halides is 1. The van der Waals surface area contributed by atoms with Crippen molar-refractivity contribution in [1.29, 1.82) is 0 Å². The van der Waals surface area contributed by atoms with Gasteiger partial charge in [-0.3, -0.25) is 0 Å². The molecule has 0 bridgehead atoms. The van der Waals surface area contributed by atoms with Gasteiger partial charge in [0.15, 0.2) is 0 Å². The molecule has 0 atom stereocenters. The predicted molar refractivity (Wildman–Crippen MR) is 76.8 cm³/mol. The third-order valence-corrected chi connectivity index (χ3v) is 4.71. The van der Waals surface area contributed by atoms with Crippen LogP contribution < -0.4 is 4.90 Å². The molecule has 0 radical (unpaired) electrons. The molecule has 0 amide bonds. The third kappa shape index (κ3) is 3.43. The first-order valence-electron chi connectivity index (χ1n) is 5.63.